The van der Waals surface area contributed by atoms with Crippen molar-refractivity contribution in [3.8, 4) is 11.5 Å². The summed E-state index contributed by atoms with van der Waals surface area (Å²) in [6, 6.07) is 12.9. The molecule has 1 atom stereocenters. The highest BCUT2D eigenvalue weighted by Crippen LogP contribution is 2.41. The summed E-state index contributed by atoms with van der Waals surface area (Å²) >= 11 is 6.10. The number of piperidine rings is 1. The lowest BCUT2D eigenvalue weighted by atomic mass is 9.87. The molecule has 0 bridgehead atoms. The number of halogens is 1. The van der Waals surface area contributed by atoms with E-state index in [0.717, 1.165) is 49.4 Å². The minimum absolute atomic E-state index is 0.145. The summed E-state index contributed by atoms with van der Waals surface area (Å²) in [6.45, 7) is 2.43. The number of benzene rings is 2. The van der Waals surface area contributed by atoms with E-state index in [4.69, 9.17) is 21.1 Å². The van der Waals surface area contributed by atoms with Crippen molar-refractivity contribution in [1.29, 1.82) is 0 Å². The van der Waals surface area contributed by atoms with Crippen molar-refractivity contribution < 1.29 is 19.4 Å². The predicted octanol–water partition coefficient (Wildman–Crippen LogP) is 3.36. The van der Waals surface area contributed by atoms with Gasteiger partial charge in [0.15, 0.2) is 6.29 Å². The quantitative estimate of drug-likeness (QED) is 0.752. The van der Waals surface area contributed by atoms with Crippen molar-refractivity contribution in [1.82, 2.24) is 4.90 Å². The number of ether oxygens (including phenoxy) is 2. The largest absolute Gasteiger partial charge is 0.490 e. The monoisotopic (exact) mass is 401 g/mol. The number of carbonyl (C=O) groups excluding carboxylic acids is 1. The van der Waals surface area contributed by atoms with Gasteiger partial charge in [-0.1, -0.05) is 23.7 Å². The van der Waals surface area contributed by atoms with Crippen LogP contribution < -0.4 is 9.47 Å². The topological polar surface area (TPSA) is 59.0 Å². The van der Waals surface area contributed by atoms with Crippen molar-refractivity contribution in [2.24, 2.45) is 0 Å². The van der Waals surface area contributed by atoms with Gasteiger partial charge in [-0.2, -0.15) is 0 Å². The molecule has 148 valence electrons. The Morgan fingerprint density at radius 3 is 2.82 bits per heavy atom. The van der Waals surface area contributed by atoms with Crippen LogP contribution in [0.3, 0.4) is 0 Å². The van der Waals surface area contributed by atoms with E-state index in [1.807, 2.05) is 24.3 Å². The van der Waals surface area contributed by atoms with Gasteiger partial charge in [0.1, 0.15) is 29.8 Å². The smallest absolute Gasteiger partial charge is 0.153 e. The molecule has 0 saturated carbocycles. The number of β-amino-alcohol motifs (C(OH)–C–C–N with tert-alkyl or cyclic N) is 1. The van der Waals surface area contributed by atoms with Gasteiger partial charge in [0.25, 0.3) is 0 Å². The van der Waals surface area contributed by atoms with E-state index in [1.165, 1.54) is 5.56 Å². The molecule has 1 spiro atoms. The highest BCUT2D eigenvalue weighted by Gasteiger charge is 2.42. The van der Waals surface area contributed by atoms with Crippen LogP contribution in [0.15, 0.2) is 42.5 Å². The van der Waals surface area contributed by atoms with Crippen LogP contribution in [0.4, 0.5) is 0 Å². The number of aliphatic hydroxyl groups excluding tert-OH is 1. The van der Waals surface area contributed by atoms with Crippen LogP contribution in [0, 0.1) is 0 Å². The summed E-state index contributed by atoms with van der Waals surface area (Å²) in [5, 5.41) is 11.1. The number of likely N-dealkylation sites (tertiary alicyclic amines) is 1. The van der Waals surface area contributed by atoms with Crippen LogP contribution in [-0.4, -0.2) is 54.2 Å². The molecule has 2 aromatic carbocycles. The van der Waals surface area contributed by atoms with Crippen molar-refractivity contribution in [3.05, 3.63) is 58.6 Å². The predicted molar refractivity (Wildman–Crippen MR) is 108 cm³/mol. The highest BCUT2D eigenvalue weighted by atomic mass is 35.5. The lowest BCUT2D eigenvalue weighted by Crippen LogP contribution is -2.49. The van der Waals surface area contributed by atoms with Crippen LogP contribution in [0.2, 0.25) is 5.02 Å². The lowest BCUT2D eigenvalue weighted by Gasteiger charge is -2.39. The molecule has 0 amide bonds. The Kier molecular flexibility index (Phi) is 5.58. The highest BCUT2D eigenvalue weighted by molar-refractivity contribution is 6.30. The molecule has 2 aliphatic rings. The number of rotatable bonds is 6. The van der Waals surface area contributed by atoms with E-state index >= 15 is 0 Å². The zero-order valence-electron chi connectivity index (χ0n) is 15.6. The molecule has 0 aliphatic carbocycles. The molecule has 4 rings (SSSR count). The van der Waals surface area contributed by atoms with Crippen LogP contribution in [0.25, 0.3) is 0 Å². The molecule has 0 radical (unpaired) electrons. The van der Waals surface area contributed by atoms with E-state index in [2.05, 4.69) is 4.90 Å². The van der Waals surface area contributed by atoms with E-state index < -0.39 is 6.10 Å². The van der Waals surface area contributed by atoms with Crippen LogP contribution in [0.1, 0.15) is 28.8 Å². The fraction of sp³-hybridized carbons (Fsp3) is 0.409. The maximum atomic E-state index is 11.0. The molecular weight excluding hydrogens is 378 g/mol. The number of hydrogen-bond donors (Lipinski definition) is 1. The minimum atomic E-state index is -0.616. The Bertz CT molecular complexity index is 848. The molecule has 28 heavy (non-hydrogen) atoms. The zero-order chi connectivity index (χ0) is 19.6. The van der Waals surface area contributed by atoms with Crippen LogP contribution in [0.5, 0.6) is 11.5 Å². The number of aldehydes is 1. The lowest BCUT2D eigenvalue weighted by molar-refractivity contribution is -0.00198. The number of hydrogen-bond acceptors (Lipinski definition) is 5. The summed E-state index contributed by atoms with van der Waals surface area (Å²) in [5.41, 5.74) is 1.53. The fourth-order valence-corrected chi connectivity index (χ4v) is 4.26. The maximum absolute atomic E-state index is 11.0. The number of nitrogens with zero attached hydrogens (tertiary/aromatic N) is 1. The van der Waals surface area contributed by atoms with Gasteiger partial charge in [-0.25, -0.2) is 0 Å². The molecule has 2 heterocycles. The zero-order valence-corrected chi connectivity index (χ0v) is 16.4. The van der Waals surface area contributed by atoms with E-state index in [1.54, 1.807) is 18.2 Å². The Labute approximate surface area is 169 Å². The molecular formula is C22H24ClNO4. The first kappa shape index (κ1) is 19.2. The summed E-state index contributed by atoms with van der Waals surface area (Å²) in [7, 11) is 0. The summed E-state index contributed by atoms with van der Waals surface area (Å²) in [6.07, 6.45) is 2.87. The molecule has 2 aromatic rings. The summed E-state index contributed by atoms with van der Waals surface area (Å²) in [4.78, 5) is 13.3. The Hall–Kier alpha value is -2.08. The third-order valence-electron chi connectivity index (χ3n) is 5.58. The van der Waals surface area contributed by atoms with Crippen molar-refractivity contribution in [2.45, 2.75) is 31.0 Å². The van der Waals surface area contributed by atoms with Crippen molar-refractivity contribution in [2.75, 3.05) is 26.2 Å². The molecule has 5 nitrogen and oxygen atoms in total. The Morgan fingerprint density at radius 1 is 1.25 bits per heavy atom. The number of fused-ring (bicyclic) bond motifs is 1. The number of para-hydroxylation sites is 1. The first-order valence-electron chi connectivity index (χ1n) is 9.62. The average molecular weight is 402 g/mol. The normalized spacial score (nSPS) is 19.1. The van der Waals surface area contributed by atoms with Gasteiger partial charge in [-0.15, -0.1) is 0 Å². The van der Waals surface area contributed by atoms with Crippen LogP contribution in [-0.2, 0) is 6.42 Å². The molecule has 1 fully saturated rings. The number of carbonyl (C=O) groups is 1. The number of aliphatic hydroxyl groups is 1. The first-order valence-corrected chi connectivity index (χ1v) is 10.00. The summed E-state index contributed by atoms with van der Waals surface area (Å²) < 4.78 is 11.9. The standard InChI is InChI=1S/C22H24ClNO4/c23-18-5-6-21-17(11-18)12-22(28-21)7-9-24(10-8-22)13-19(26)15-27-20-4-2-1-3-16(20)14-25/h1-6,11,14,19,26H,7-10,12-13,15H2/t19-/m0/s1. The third-order valence-corrected chi connectivity index (χ3v) is 5.81. The minimum Gasteiger partial charge on any atom is -0.490 e. The van der Waals surface area contributed by atoms with Gasteiger partial charge in [0.2, 0.25) is 0 Å². The SMILES string of the molecule is O=Cc1ccccc1OC[C@@H](O)CN1CCC2(CC1)Cc1cc(Cl)ccc1O2. The second-order valence-electron chi connectivity index (χ2n) is 7.64. The first-order chi connectivity index (χ1) is 13.6. The molecule has 1 saturated heterocycles. The van der Waals surface area contributed by atoms with Crippen LogP contribution >= 0.6 is 11.6 Å². The summed E-state index contributed by atoms with van der Waals surface area (Å²) in [5.74, 6) is 1.45. The van der Waals surface area contributed by atoms with Gasteiger partial charge in [0, 0.05) is 43.9 Å². The maximum Gasteiger partial charge on any atom is 0.153 e. The second-order valence-corrected chi connectivity index (χ2v) is 8.07. The molecule has 1 N–H and O–H groups in total. The Morgan fingerprint density at radius 2 is 2.04 bits per heavy atom. The van der Waals surface area contributed by atoms with Gasteiger partial charge in [-0.3, -0.25) is 4.79 Å². The van der Waals surface area contributed by atoms with E-state index in [9.17, 15) is 9.90 Å². The third kappa shape index (κ3) is 4.17. The molecule has 0 unspecified atom stereocenters. The molecule has 0 aromatic heterocycles. The van der Waals surface area contributed by atoms with Gasteiger partial charge >= 0.3 is 0 Å². The van der Waals surface area contributed by atoms with Crippen molar-refractivity contribution >= 4 is 17.9 Å². The molecule has 6 heteroatoms. The van der Waals surface area contributed by atoms with Crippen molar-refractivity contribution in [3.63, 3.8) is 0 Å². The van der Waals surface area contributed by atoms with Gasteiger partial charge in [-0.05, 0) is 35.9 Å². The van der Waals surface area contributed by atoms with E-state index in [-0.39, 0.29) is 12.2 Å². The van der Waals surface area contributed by atoms with Gasteiger partial charge in [0.05, 0.1) is 5.56 Å². The van der Waals surface area contributed by atoms with E-state index in [0.29, 0.717) is 17.9 Å². The van der Waals surface area contributed by atoms with Gasteiger partial charge < -0.3 is 19.5 Å². The fourth-order valence-electron chi connectivity index (χ4n) is 4.07. The molecule has 2 aliphatic heterocycles. The second kappa shape index (κ2) is 8.11. The Balaban J connectivity index is 1.26. The average Bonchev–Trinajstić information content (AvgIpc) is 3.05.